The highest BCUT2D eigenvalue weighted by atomic mass is 19.4. The van der Waals surface area contributed by atoms with Crippen molar-refractivity contribution in [3.63, 3.8) is 0 Å². The van der Waals surface area contributed by atoms with Crippen LogP contribution in [-0.2, 0) is 6.54 Å². The summed E-state index contributed by atoms with van der Waals surface area (Å²) in [4.78, 5) is 12.6. The number of rotatable bonds is 4. The molecule has 0 aliphatic heterocycles. The number of halogens is 3. The monoisotopic (exact) mass is 289 g/mol. The van der Waals surface area contributed by atoms with E-state index in [1.54, 1.807) is 24.3 Å². The van der Waals surface area contributed by atoms with Gasteiger partial charge in [0.1, 0.15) is 6.54 Å². The van der Waals surface area contributed by atoms with Crippen molar-refractivity contribution in [2.75, 3.05) is 11.9 Å². The van der Waals surface area contributed by atoms with Crippen molar-refractivity contribution in [1.82, 2.24) is 4.90 Å². The third-order valence-electron chi connectivity index (χ3n) is 2.67. The number of anilines is 1. The van der Waals surface area contributed by atoms with E-state index in [2.05, 4.69) is 5.32 Å². The summed E-state index contributed by atoms with van der Waals surface area (Å²) in [5.74, 6) is 0. The highest BCUT2D eigenvalue weighted by Crippen LogP contribution is 2.19. The molecule has 1 aromatic rings. The lowest BCUT2D eigenvalue weighted by molar-refractivity contribution is -0.142. The summed E-state index contributed by atoms with van der Waals surface area (Å²) in [6, 6.07) is 5.29. The van der Waals surface area contributed by atoms with Crippen molar-refractivity contribution in [3.8, 4) is 0 Å². The molecular formula is C13H18F3N3O. The summed E-state index contributed by atoms with van der Waals surface area (Å²) in [7, 11) is 0. The van der Waals surface area contributed by atoms with E-state index in [-0.39, 0.29) is 0 Å². The van der Waals surface area contributed by atoms with Gasteiger partial charge in [-0.25, -0.2) is 4.79 Å². The van der Waals surface area contributed by atoms with Gasteiger partial charge in [-0.3, -0.25) is 0 Å². The zero-order chi connectivity index (χ0) is 15.3. The number of hydrogen-bond donors (Lipinski definition) is 2. The molecule has 0 fully saturated rings. The van der Waals surface area contributed by atoms with Crippen LogP contribution in [-0.4, -0.2) is 29.7 Å². The van der Waals surface area contributed by atoms with E-state index in [0.29, 0.717) is 12.2 Å². The fourth-order valence-corrected chi connectivity index (χ4v) is 1.60. The van der Waals surface area contributed by atoms with Crippen LogP contribution < -0.4 is 11.1 Å². The standard InChI is InChI=1S/C13H18F3N3O/c1-9(2)19(8-13(14,15)16)12(20)18-11-5-3-10(7-17)4-6-11/h3-6,9H,7-8,17H2,1-2H3,(H,18,20). The van der Waals surface area contributed by atoms with Crippen LogP contribution in [0.25, 0.3) is 0 Å². The van der Waals surface area contributed by atoms with Crippen molar-refractivity contribution >= 4 is 11.7 Å². The van der Waals surface area contributed by atoms with Gasteiger partial charge < -0.3 is 16.0 Å². The average molecular weight is 289 g/mol. The van der Waals surface area contributed by atoms with Gasteiger partial charge in [0.05, 0.1) is 0 Å². The van der Waals surface area contributed by atoms with E-state index in [1.807, 2.05) is 0 Å². The number of carbonyl (C=O) groups excluding carboxylic acids is 1. The normalized spacial score (nSPS) is 11.6. The smallest absolute Gasteiger partial charge is 0.326 e. The molecule has 0 bridgehead atoms. The van der Waals surface area contributed by atoms with Crippen LogP contribution in [0, 0.1) is 0 Å². The topological polar surface area (TPSA) is 58.4 Å². The Hall–Kier alpha value is -1.76. The van der Waals surface area contributed by atoms with Gasteiger partial charge in [0, 0.05) is 18.3 Å². The number of nitrogens with zero attached hydrogens (tertiary/aromatic N) is 1. The molecule has 0 spiro atoms. The molecule has 7 heteroatoms. The lowest BCUT2D eigenvalue weighted by atomic mass is 10.2. The first-order chi connectivity index (χ1) is 9.23. The second kappa shape index (κ2) is 6.60. The Labute approximate surface area is 115 Å². The quantitative estimate of drug-likeness (QED) is 0.895. The zero-order valence-corrected chi connectivity index (χ0v) is 11.4. The van der Waals surface area contributed by atoms with Crippen molar-refractivity contribution in [3.05, 3.63) is 29.8 Å². The molecule has 112 valence electrons. The number of nitrogens with one attached hydrogen (secondary N) is 1. The maximum Gasteiger partial charge on any atom is 0.406 e. The first kappa shape index (κ1) is 16.3. The molecule has 0 saturated carbocycles. The Kier molecular flexibility index (Phi) is 5.38. The molecule has 4 nitrogen and oxygen atoms in total. The number of benzene rings is 1. The Bertz CT molecular complexity index is 443. The maximum absolute atomic E-state index is 12.4. The second-order valence-electron chi connectivity index (χ2n) is 4.67. The summed E-state index contributed by atoms with van der Waals surface area (Å²) >= 11 is 0. The second-order valence-corrected chi connectivity index (χ2v) is 4.67. The molecule has 0 heterocycles. The van der Waals surface area contributed by atoms with Crippen LogP contribution in [0.1, 0.15) is 19.4 Å². The molecule has 20 heavy (non-hydrogen) atoms. The molecule has 0 atom stereocenters. The van der Waals surface area contributed by atoms with Gasteiger partial charge in [0.15, 0.2) is 0 Å². The van der Waals surface area contributed by atoms with Gasteiger partial charge in [-0.2, -0.15) is 13.2 Å². The molecule has 0 radical (unpaired) electrons. The van der Waals surface area contributed by atoms with Crippen LogP contribution in [0.2, 0.25) is 0 Å². The number of urea groups is 1. The van der Waals surface area contributed by atoms with Gasteiger partial charge in [-0.05, 0) is 31.5 Å². The Balaban J connectivity index is 2.75. The van der Waals surface area contributed by atoms with E-state index in [9.17, 15) is 18.0 Å². The molecule has 0 aromatic heterocycles. The van der Waals surface area contributed by atoms with Gasteiger partial charge in [0.25, 0.3) is 0 Å². The predicted molar refractivity (Wildman–Crippen MR) is 71.2 cm³/mol. The Morgan fingerprint density at radius 2 is 1.85 bits per heavy atom. The van der Waals surface area contributed by atoms with Crippen molar-refractivity contribution in [2.45, 2.75) is 32.6 Å². The van der Waals surface area contributed by atoms with Crippen molar-refractivity contribution in [2.24, 2.45) is 5.73 Å². The highest BCUT2D eigenvalue weighted by Gasteiger charge is 2.34. The zero-order valence-electron chi connectivity index (χ0n) is 11.4. The first-order valence-corrected chi connectivity index (χ1v) is 6.16. The number of amides is 2. The third-order valence-corrected chi connectivity index (χ3v) is 2.67. The summed E-state index contributed by atoms with van der Waals surface area (Å²) < 4.78 is 37.3. The fourth-order valence-electron chi connectivity index (χ4n) is 1.60. The van der Waals surface area contributed by atoms with E-state index in [1.165, 1.54) is 13.8 Å². The molecule has 0 aliphatic carbocycles. The fraction of sp³-hybridized carbons (Fsp3) is 0.462. The lowest BCUT2D eigenvalue weighted by Gasteiger charge is -2.27. The van der Waals surface area contributed by atoms with E-state index < -0.39 is 24.8 Å². The largest absolute Gasteiger partial charge is 0.406 e. The minimum atomic E-state index is -4.43. The summed E-state index contributed by atoms with van der Waals surface area (Å²) in [5.41, 5.74) is 6.74. The molecule has 0 saturated heterocycles. The summed E-state index contributed by atoms with van der Waals surface area (Å²) in [5, 5.41) is 2.44. The summed E-state index contributed by atoms with van der Waals surface area (Å²) in [6.07, 6.45) is -4.43. The van der Waals surface area contributed by atoms with E-state index >= 15 is 0 Å². The predicted octanol–water partition coefficient (Wildman–Crippen LogP) is 2.95. The first-order valence-electron chi connectivity index (χ1n) is 6.16. The average Bonchev–Trinajstić information content (AvgIpc) is 2.35. The van der Waals surface area contributed by atoms with Crippen LogP contribution in [0.4, 0.5) is 23.7 Å². The number of hydrogen-bond acceptors (Lipinski definition) is 2. The van der Waals surface area contributed by atoms with Gasteiger partial charge in [0.2, 0.25) is 0 Å². The number of nitrogens with two attached hydrogens (primary N) is 1. The molecule has 2 amide bonds. The summed E-state index contributed by atoms with van der Waals surface area (Å²) in [6.45, 7) is 2.14. The van der Waals surface area contributed by atoms with Gasteiger partial charge in [-0.15, -0.1) is 0 Å². The maximum atomic E-state index is 12.4. The van der Waals surface area contributed by atoms with Crippen LogP contribution in [0.15, 0.2) is 24.3 Å². The lowest BCUT2D eigenvalue weighted by Crippen LogP contribution is -2.45. The van der Waals surface area contributed by atoms with Crippen molar-refractivity contribution < 1.29 is 18.0 Å². The van der Waals surface area contributed by atoms with Crippen molar-refractivity contribution in [1.29, 1.82) is 0 Å². The highest BCUT2D eigenvalue weighted by molar-refractivity contribution is 5.89. The molecule has 0 unspecified atom stereocenters. The Morgan fingerprint density at radius 1 is 1.30 bits per heavy atom. The minimum absolute atomic E-state index is 0.362. The van der Waals surface area contributed by atoms with Gasteiger partial charge >= 0.3 is 12.2 Å². The molecule has 1 rings (SSSR count). The van der Waals surface area contributed by atoms with Gasteiger partial charge in [-0.1, -0.05) is 12.1 Å². The minimum Gasteiger partial charge on any atom is -0.326 e. The van der Waals surface area contributed by atoms with E-state index in [4.69, 9.17) is 5.73 Å². The van der Waals surface area contributed by atoms with E-state index in [0.717, 1.165) is 10.5 Å². The molecular weight excluding hydrogens is 271 g/mol. The third kappa shape index (κ3) is 5.08. The van der Waals surface area contributed by atoms with Crippen LogP contribution in [0.3, 0.4) is 0 Å². The molecule has 1 aromatic carbocycles. The molecule has 3 N–H and O–H groups in total. The number of carbonyl (C=O) groups is 1. The van der Waals surface area contributed by atoms with Crippen LogP contribution in [0.5, 0.6) is 0 Å². The van der Waals surface area contributed by atoms with Crippen LogP contribution >= 0.6 is 0 Å². The molecule has 0 aliphatic rings. The SMILES string of the molecule is CC(C)N(CC(F)(F)F)C(=O)Nc1ccc(CN)cc1. The number of alkyl halides is 3. The Morgan fingerprint density at radius 3 is 2.25 bits per heavy atom.